The highest BCUT2D eigenvalue weighted by Crippen LogP contribution is 2.30. The van der Waals surface area contributed by atoms with Gasteiger partial charge in [-0.2, -0.15) is 5.10 Å². The lowest BCUT2D eigenvalue weighted by atomic mass is 10.1. The number of sulfonamides is 1. The van der Waals surface area contributed by atoms with Crippen LogP contribution in [0, 0.1) is 11.6 Å². The zero-order valence-electron chi connectivity index (χ0n) is 14.6. The summed E-state index contributed by atoms with van der Waals surface area (Å²) >= 11 is 0. The maximum Gasteiger partial charge on any atom is 0.259 e. The van der Waals surface area contributed by atoms with Crippen molar-refractivity contribution >= 4 is 26.6 Å². The Morgan fingerprint density at radius 1 is 1.03 bits per heavy atom. The molecule has 0 saturated heterocycles. The summed E-state index contributed by atoms with van der Waals surface area (Å²) in [5.41, 5.74) is 4.95. The molecule has 0 spiro atoms. The van der Waals surface area contributed by atoms with Gasteiger partial charge in [-0.25, -0.2) is 27.0 Å². The number of H-pyrrole nitrogens is 1. The quantitative estimate of drug-likeness (QED) is 0.437. The average molecular weight is 417 g/mol. The largest absolute Gasteiger partial charge is 0.399 e. The number of primary sulfonamides is 1. The first kappa shape index (κ1) is 18.8. The molecule has 0 unspecified atom stereocenters. The third-order valence-electron chi connectivity index (χ3n) is 4.31. The first-order chi connectivity index (χ1) is 13.7. The number of hydrogen-bond acceptors (Lipinski definition) is 5. The van der Waals surface area contributed by atoms with Crippen LogP contribution in [0.4, 0.5) is 14.5 Å². The van der Waals surface area contributed by atoms with Crippen molar-refractivity contribution in [3.05, 3.63) is 70.6 Å². The van der Waals surface area contributed by atoms with Crippen molar-refractivity contribution in [2.24, 2.45) is 5.14 Å². The summed E-state index contributed by atoms with van der Waals surface area (Å²) in [7, 11) is -3.91. The monoisotopic (exact) mass is 417 g/mol. The normalized spacial score (nSPS) is 11.8. The predicted molar refractivity (Wildman–Crippen MR) is 103 cm³/mol. The van der Waals surface area contributed by atoms with Crippen molar-refractivity contribution in [2.75, 3.05) is 5.73 Å². The second kappa shape index (κ2) is 6.50. The van der Waals surface area contributed by atoms with E-state index in [1.54, 1.807) is 0 Å². The van der Waals surface area contributed by atoms with Crippen LogP contribution in [0.15, 0.2) is 58.4 Å². The minimum absolute atomic E-state index is 0.0754. The Balaban J connectivity index is 2.02. The standard InChI is InChI=1S/C18H13F2N5O3S/c19-12-7-10(21)8-13(20)17(12)25-14-5-6-23-18(26)15(14)16(24-25)9-1-3-11(4-2-9)29(22,27)28/h1-8H,21H2,(H,23,26)(H2,22,27,28). The van der Waals surface area contributed by atoms with Gasteiger partial charge in [-0.15, -0.1) is 0 Å². The molecule has 0 saturated carbocycles. The smallest absolute Gasteiger partial charge is 0.259 e. The van der Waals surface area contributed by atoms with E-state index in [0.29, 0.717) is 5.56 Å². The highest BCUT2D eigenvalue weighted by atomic mass is 32.2. The minimum Gasteiger partial charge on any atom is -0.399 e. The molecule has 2 heterocycles. The van der Waals surface area contributed by atoms with Gasteiger partial charge in [-0.05, 0) is 30.3 Å². The number of nitrogens with zero attached hydrogens (tertiary/aromatic N) is 2. The van der Waals surface area contributed by atoms with Crippen LogP contribution in [0.2, 0.25) is 0 Å². The molecule has 0 bridgehead atoms. The van der Waals surface area contributed by atoms with E-state index in [2.05, 4.69) is 10.1 Å². The number of nitrogens with two attached hydrogens (primary N) is 2. The van der Waals surface area contributed by atoms with Crippen molar-refractivity contribution in [2.45, 2.75) is 4.90 Å². The Labute approximate surface area is 162 Å². The third kappa shape index (κ3) is 3.15. The number of halogens is 2. The molecular weight excluding hydrogens is 404 g/mol. The van der Waals surface area contributed by atoms with Gasteiger partial charge in [0.15, 0.2) is 11.6 Å². The van der Waals surface area contributed by atoms with E-state index in [1.165, 1.54) is 36.5 Å². The van der Waals surface area contributed by atoms with E-state index in [-0.39, 0.29) is 27.2 Å². The summed E-state index contributed by atoms with van der Waals surface area (Å²) in [6, 6.07) is 8.62. The van der Waals surface area contributed by atoms with E-state index in [1.807, 2.05) is 0 Å². The lowest BCUT2D eigenvalue weighted by Gasteiger charge is -2.07. The third-order valence-corrected chi connectivity index (χ3v) is 5.24. The molecule has 148 valence electrons. The zero-order valence-corrected chi connectivity index (χ0v) is 15.4. The average Bonchev–Trinajstić information content (AvgIpc) is 3.01. The van der Waals surface area contributed by atoms with Crippen LogP contribution in [0.5, 0.6) is 0 Å². The Hall–Kier alpha value is -3.57. The van der Waals surface area contributed by atoms with E-state index in [4.69, 9.17) is 10.9 Å². The van der Waals surface area contributed by atoms with E-state index in [9.17, 15) is 22.0 Å². The first-order valence-electron chi connectivity index (χ1n) is 8.15. The summed E-state index contributed by atoms with van der Waals surface area (Å²) in [5.74, 6) is -1.91. The summed E-state index contributed by atoms with van der Waals surface area (Å²) < 4.78 is 52.8. The maximum atomic E-state index is 14.5. The number of hydrogen-bond donors (Lipinski definition) is 3. The van der Waals surface area contributed by atoms with Gasteiger partial charge in [0.1, 0.15) is 11.4 Å². The van der Waals surface area contributed by atoms with E-state index in [0.717, 1.165) is 16.8 Å². The number of nitrogens with one attached hydrogen (secondary N) is 1. The zero-order chi connectivity index (χ0) is 20.9. The number of aromatic amines is 1. The van der Waals surface area contributed by atoms with Gasteiger partial charge >= 0.3 is 0 Å². The maximum absolute atomic E-state index is 14.5. The lowest BCUT2D eigenvalue weighted by molar-refractivity contribution is 0.564. The molecule has 0 aliphatic heterocycles. The molecule has 8 nitrogen and oxygen atoms in total. The lowest BCUT2D eigenvalue weighted by Crippen LogP contribution is -2.11. The minimum atomic E-state index is -3.91. The summed E-state index contributed by atoms with van der Waals surface area (Å²) in [6.07, 6.45) is 1.32. The summed E-state index contributed by atoms with van der Waals surface area (Å²) in [6.45, 7) is 0. The highest BCUT2D eigenvalue weighted by molar-refractivity contribution is 7.89. The summed E-state index contributed by atoms with van der Waals surface area (Å²) in [5, 5.41) is 9.39. The van der Waals surface area contributed by atoms with Gasteiger partial charge < -0.3 is 10.7 Å². The number of pyridine rings is 1. The van der Waals surface area contributed by atoms with Crippen LogP contribution in [-0.2, 0) is 10.0 Å². The van der Waals surface area contributed by atoms with Gasteiger partial charge in [-0.3, -0.25) is 4.79 Å². The second-order valence-electron chi connectivity index (χ2n) is 6.23. The molecule has 4 aromatic rings. The van der Waals surface area contributed by atoms with Gasteiger partial charge in [0, 0.05) is 17.4 Å². The molecule has 2 aromatic carbocycles. The molecule has 11 heteroatoms. The Bertz CT molecular complexity index is 1400. The fraction of sp³-hybridized carbons (Fsp3) is 0. The highest BCUT2D eigenvalue weighted by Gasteiger charge is 2.21. The van der Waals surface area contributed by atoms with Crippen molar-refractivity contribution in [3.63, 3.8) is 0 Å². The molecule has 0 aliphatic carbocycles. The van der Waals surface area contributed by atoms with Crippen LogP contribution in [0.1, 0.15) is 0 Å². The van der Waals surface area contributed by atoms with Gasteiger partial charge in [-0.1, -0.05) is 12.1 Å². The van der Waals surface area contributed by atoms with Crippen LogP contribution in [0.3, 0.4) is 0 Å². The number of aromatic nitrogens is 3. The fourth-order valence-electron chi connectivity index (χ4n) is 3.04. The van der Waals surface area contributed by atoms with Gasteiger partial charge in [0.25, 0.3) is 5.56 Å². The van der Waals surface area contributed by atoms with Crippen LogP contribution < -0.4 is 16.4 Å². The van der Waals surface area contributed by atoms with Crippen LogP contribution in [-0.4, -0.2) is 23.2 Å². The number of rotatable bonds is 3. The van der Waals surface area contributed by atoms with Gasteiger partial charge in [0.05, 0.1) is 15.8 Å². The van der Waals surface area contributed by atoms with Crippen LogP contribution in [0.25, 0.3) is 27.8 Å². The Morgan fingerprint density at radius 2 is 1.66 bits per heavy atom. The van der Waals surface area contributed by atoms with Crippen molar-refractivity contribution in [3.8, 4) is 16.9 Å². The van der Waals surface area contributed by atoms with E-state index >= 15 is 0 Å². The molecule has 29 heavy (non-hydrogen) atoms. The Kier molecular flexibility index (Phi) is 4.21. The second-order valence-corrected chi connectivity index (χ2v) is 7.79. The van der Waals surface area contributed by atoms with Crippen molar-refractivity contribution in [1.82, 2.24) is 14.8 Å². The van der Waals surface area contributed by atoms with Crippen LogP contribution >= 0.6 is 0 Å². The number of fused-ring (bicyclic) bond motifs is 1. The Morgan fingerprint density at radius 3 is 2.24 bits per heavy atom. The fourth-order valence-corrected chi connectivity index (χ4v) is 3.56. The molecular formula is C18H13F2N5O3S. The van der Waals surface area contributed by atoms with E-state index < -0.39 is 32.9 Å². The molecule has 0 amide bonds. The molecule has 2 aromatic heterocycles. The van der Waals surface area contributed by atoms with Crippen molar-refractivity contribution in [1.29, 1.82) is 0 Å². The molecule has 0 fully saturated rings. The molecule has 0 radical (unpaired) electrons. The predicted octanol–water partition coefficient (Wildman–Crippen LogP) is 1.89. The molecule has 0 aliphatic rings. The van der Waals surface area contributed by atoms with Crippen molar-refractivity contribution < 1.29 is 17.2 Å². The van der Waals surface area contributed by atoms with Gasteiger partial charge in [0.2, 0.25) is 10.0 Å². The number of anilines is 1. The number of nitrogen functional groups attached to an aromatic ring is 1. The number of benzene rings is 2. The molecule has 4 rings (SSSR count). The molecule has 0 atom stereocenters. The topological polar surface area (TPSA) is 137 Å². The molecule has 5 N–H and O–H groups in total. The summed E-state index contributed by atoms with van der Waals surface area (Å²) in [4.78, 5) is 14.8. The first-order valence-corrected chi connectivity index (χ1v) is 9.70. The SMILES string of the molecule is Nc1cc(F)c(-n2nc(-c3ccc(S(N)(=O)=O)cc3)c3c(=O)[nH]ccc32)c(F)c1.